The lowest BCUT2D eigenvalue weighted by molar-refractivity contribution is 0.305. The zero-order valence-electron chi connectivity index (χ0n) is 11.3. The van der Waals surface area contributed by atoms with Crippen LogP contribution in [0.25, 0.3) is 0 Å². The Balaban J connectivity index is 1.59. The number of rotatable bonds is 5. The molecule has 4 nitrogen and oxygen atoms in total. The molecule has 2 heterocycles. The summed E-state index contributed by atoms with van der Waals surface area (Å²) in [5.74, 6) is 0.660. The van der Waals surface area contributed by atoms with Crippen LogP contribution >= 0.6 is 0 Å². The monoisotopic (exact) mass is 248 g/mol. The van der Waals surface area contributed by atoms with E-state index in [1.165, 1.54) is 37.9 Å². The van der Waals surface area contributed by atoms with Crippen molar-refractivity contribution in [1.29, 1.82) is 0 Å². The van der Waals surface area contributed by atoms with E-state index in [0.717, 1.165) is 25.7 Å². The van der Waals surface area contributed by atoms with Crippen LogP contribution in [0.1, 0.15) is 37.3 Å². The van der Waals surface area contributed by atoms with Crippen LogP contribution in [0, 0.1) is 0 Å². The summed E-state index contributed by atoms with van der Waals surface area (Å²) in [4.78, 5) is 6.84. The molecule has 100 valence electrons. The quantitative estimate of drug-likeness (QED) is 0.856. The maximum atomic E-state index is 4.35. The van der Waals surface area contributed by atoms with Crippen LogP contribution in [0.3, 0.4) is 0 Å². The van der Waals surface area contributed by atoms with Gasteiger partial charge in [-0.1, -0.05) is 0 Å². The first-order valence-corrected chi connectivity index (χ1v) is 7.25. The van der Waals surface area contributed by atoms with Gasteiger partial charge in [-0.3, -0.25) is 0 Å². The van der Waals surface area contributed by atoms with E-state index < -0.39 is 0 Å². The van der Waals surface area contributed by atoms with Crippen molar-refractivity contribution in [2.24, 2.45) is 0 Å². The zero-order chi connectivity index (χ0) is 12.4. The van der Waals surface area contributed by atoms with Gasteiger partial charge in [0, 0.05) is 43.5 Å². The third-order valence-corrected chi connectivity index (χ3v) is 4.32. The molecule has 1 aromatic rings. The highest BCUT2D eigenvalue weighted by atomic mass is 15.2. The number of imidazole rings is 1. The lowest BCUT2D eigenvalue weighted by atomic mass is 9.96. The molecule has 0 bridgehead atoms. The van der Waals surface area contributed by atoms with Crippen molar-refractivity contribution in [2.45, 2.75) is 44.2 Å². The minimum atomic E-state index is 0.660. The van der Waals surface area contributed by atoms with Crippen molar-refractivity contribution < 1.29 is 0 Å². The summed E-state index contributed by atoms with van der Waals surface area (Å²) in [5, 5.41) is 3.49. The van der Waals surface area contributed by atoms with Crippen molar-refractivity contribution in [3.8, 4) is 0 Å². The molecule has 0 spiro atoms. The highest BCUT2D eigenvalue weighted by Gasteiger charge is 2.26. The predicted octanol–water partition coefficient (Wildman–Crippen LogP) is 1.44. The topological polar surface area (TPSA) is 33.1 Å². The van der Waals surface area contributed by atoms with E-state index in [0.29, 0.717) is 5.92 Å². The lowest BCUT2D eigenvalue weighted by Crippen LogP contribution is -2.30. The van der Waals surface area contributed by atoms with Crippen LogP contribution in [-0.4, -0.2) is 47.2 Å². The maximum absolute atomic E-state index is 4.35. The summed E-state index contributed by atoms with van der Waals surface area (Å²) in [6.45, 7) is 4.52. The number of likely N-dealkylation sites (N-methyl/N-ethyl adjacent to an activating group) is 1. The van der Waals surface area contributed by atoms with Crippen LogP contribution < -0.4 is 5.32 Å². The first-order chi connectivity index (χ1) is 8.84. The van der Waals surface area contributed by atoms with Gasteiger partial charge in [0.15, 0.2) is 0 Å². The highest BCUT2D eigenvalue weighted by molar-refractivity contribution is 5.08. The van der Waals surface area contributed by atoms with Gasteiger partial charge in [0.25, 0.3) is 0 Å². The molecule has 1 aliphatic carbocycles. The first kappa shape index (κ1) is 12.2. The number of aromatic nitrogens is 2. The van der Waals surface area contributed by atoms with Gasteiger partial charge in [-0.15, -0.1) is 0 Å². The van der Waals surface area contributed by atoms with Crippen LogP contribution in [0.15, 0.2) is 12.5 Å². The number of nitrogens with zero attached hydrogens (tertiary/aromatic N) is 3. The Morgan fingerprint density at radius 2 is 2.33 bits per heavy atom. The summed E-state index contributed by atoms with van der Waals surface area (Å²) in [5.41, 5.74) is 1.42. The number of nitrogens with one attached hydrogen (secondary N) is 1. The second-order valence-corrected chi connectivity index (χ2v) is 5.77. The molecule has 1 unspecified atom stereocenters. The number of piperidine rings is 1. The average molecular weight is 248 g/mol. The first-order valence-electron chi connectivity index (χ1n) is 7.25. The summed E-state index contributed by atoms with van der Waals surface area (Å²) in [7, 11) is 2.25. The van der Waals surface area contributed by atoms with Gasteiger partial charge < -0.3 is 14.8 Å². The minimum absolute atomic E-state index is 0.660. The second kappa shape index (κ2) is 5.41. The summed E-state index contributed by atoms with van der Waals surface area (Å²) < 4.78 is 2.36. The molecule has 1 saturated heterocycles. The summed E-state index contributed by atoms with van der Waals surface area (Å²) in [6.07, 6.45) is 9.44. The van der Waals surface area contributed by atoms with E-state index in [4.69, 9.17) is 0 Å². The van der Waals surface area contributed by atoms with Gasteiger partial charge in [0.2, 0.25) is 0 Å². The molecule has 1 N–H and O–H groups in total. The Kier molecular flexibility index (Phi) is 3.66. The molecule has 1 saturated carbocycles. The summed E-state index contributed by atoms with van der Waals surface area (Å²) in [6, 6.07) is 0.855. The van der Waals surface area contributed by atoms with E-state index in [1.54, 1.807) is 0 Å². The Morgan fingerprint density at radius 1 is 1.44 bits per heavy atom. The van der Waals surface area contributed by atoms with Gasteiger partial charge >= 0.3 is 0 Å². The smallest absolute Gasteiger partial charge is 0.0948 e. The van der Waals surface area contributed by atoms with E-state index in [-0.39, 0.29) is 0 Å². The van der Waals surface area contributed by atoms with E-state index in [9.17, 15) is 0 Å². The molecular weight excluding hydrogens is 224 g/mol. The normalized spacial score (nSPS) is 24.7. The maximum Gasteiger partial charge on any atom is 0.0948 e. The van der Waals surface area contributed by atoms with E-state index in [2.05, 4.69) is 33.0 Å². The Morgan fingerprint density at radius 3 is 3.06 bits per heavy atom. The molecule has 1 aromatic heterocycles. The zero-order valence-corrected chi connectivity index (χ0v) is 11.3. The number of hydrogen-bond donors (Lipinski definition) is 1. The number of hydrogen-bond acceptors (Lipinski definition) is 3. The van der Waals surface area contributed by atoms with E-state index in [1.807, 2.05) is 6.33 Å². The fourth-order valence-corrected chi connectivity index (χ4v) is 2.93. The SMILES string of the molecule is CN(CCn1cncc1C1CCCNC1)C1CC1. The van der Waals surface area contributed by atoms with Crippen molar-refractivity contribution in [1.82, 2.24) is 19.8 Å². The van der Waals surface area contributed by atoms with Crippen molar-refractivity contribution in [3.63, 3.8) is 0 Å². The molecule has 0 aromatic carbocycles. The van der Waals surface area contributed by atoms with Gasteiger partial charge in [-0.2, -0.15) is 0 Å². The van der Waals surface area contributed by atoms with Crippen LogP contribution in [0.5, 0.6) is 0 Å². The molecule has 2 fully saturated rings. The largest absolute Gasteiger partial charge is 0.333 e. The molecule has 2 aliphatic rings. The Hall–Kier alpha value is -0.870. The molecule has 1 atom stereocenters. The third-order valence-electron chi connectivity index (χ3n) is 4.32. The molecule has 0 radical (unpaired) electrons. The fraction of sp³-hybridized carbons (Fsp3) is 0.786. The van der Waals surface area contributed by atoms with Gasteiger partial charge in [-0.25, -0.2) is 4.98 Å². The van der Waals surface area contributed by atoms with Crippen molar-refractivity contribution >= 4 is 0 Å². The van der Waals surface area contributed by atoms with Gasteiger partial charge in [-0.05, 0) is 39.3 Å². The second-order valence-electron chi connectivity index (χ2n) is 5.77. The predicted molar refractivity (Wildman–Crippen MR) is 72.7 cm³/mol. The lowest BCUT2D eigenvalue weighted by Gasteiger charge is -2.24. The highest BCUT2D eigenvalue weighted by Crippen LogP contribution is 2.26. The summed E-state index contributed by atoms with van der Waals surface area (Å²) >= 11 is 0. The third kappa shape index (κ3) is 2.75. The molecule has 3 rings (SSSR count). The molecular formula is C14H24N4. The van der Waals surface area contributed by atoms with Crippen molar-refractivity contribution in [2.75, 3.05) is 26.7 Å². The minimum Gasteiger partial charge on any atom is -0.333 e. The van der Waals surface area contributed by atoms with E-state index >= 15 is 0 Å². The Bertz CT molecular complexity index is 377. The van der Waals surface area contributed by atoms with Crippen LogP contribution in [0.2, 0.25) is 0 Å². The van der Waals surface area contributed by atoms with Crippen LogP contribution in [-0.2, 0) is 6.54 Å². The Labute approximate surface area is 109 Å². The van der Waals surface area contributed by atoms with Gasteiger partial charge in [0.05, 0.1) is 6.33 Å². The van der Waals surface area contributed by atoms with Crippen LogP contribution in [0.4, 0.5) is 0 Å². The average Bonchev–Trinajstić information content (AvgIpc) is 3.16. The molecule has 1 aliphatic heterocycles. The standard InChI is InChI=1S/C14H24N4/c1-17(13-4-5-13)7-8-18-11-16-10-14(18)12-3-2-6-15-9-12/h10-13,15H,2-9H2,1H3. The molecule has 18 heavy (non-hydrogen) atoms. The molecule has 4 heteroatoms. The van der Waals surface area contributed by atoms with Gasteiger partial charge in [0.1, 0.15) is 0 Å². The van der Waals surface area contributed by atoms with Crippen molar-refractivity contribution in [3.05, 3.63) is 18.2 Å². The fourth-order valence-electron chi connectivity index (χ4n) is 2.93. The molecule has 0 amide bonds.